The Labute approximate surface area is 377 Å². The fraction of sp³-hybridized carbons (Fsp3) is 0.764. The van der Waals surface area contributed by atoms with Gasteiger partial charge in [-0.15, -0.1) is 0 Å². The van der Waals surface area contributed by atoms with Crippen molar-refractivity contribution in [3.8, 4) is 0 Å². The number of esters is 3. The Kier molecular flexibility index (Phi) is 47.4. The first-order chi connectivity index (χ1) is 30.0. The van der Waals surface area contributed by atoms with Crippen molar-refractivity contribution in [2.75, 3.05) is 13.2 Å². The minimum absolute atomic E-state index is 0.0817. The van der Waals surface area contributed by atoms with E-state index in [1.165, 1.54) is 103 Å². The summed E-state index contributed by atoms with van der Waals surface area (Å²) in [6.45, 7) is 6.48. The Balaban J connectivity index is 4.38. The lowest BCUT2D eigenvalue weighted by Crippen LogP contribution is -2.30. The van der Waals surface area contributed by atoms with Crippen molar-refractivity contribution in [2.24, 2.45) is 0 Å². The molecule has 0 bridgehead atoms. The topological polar surface area (TPSA) is 78.9 Å². The van der Waals surface area contributed by atoms with Gasteiger partial charge < -0.3 is 14.2 Å². The van der Waals surface area contributed by atoms with Crippen molar-refractivity contribution in [3.05, 3.63) is 60.8 Å². The van der Waals surface area contributed by atoms with Crippen molar-refractivity contribution >= 4 is 17.9 Å². The second kappa shape index (κ2) is 49.8. The highest BCUT2D eigenvalue weighted by Crippen LogP contribution is 2.14. The summed E-state index contributed by atoms with van der Waals surface area (Å²) in [6.07, 6.45) is 60.6. The summed E-state index contributed by atoms with van der Waals surface area (Å²) < 4.78 is 16.8. The first-order valence-corrected chi connectivity index (χ1v) is 25.8. The standard InChI is InChI=1S/C55H96O6/c1-4-7-10-13-16-19-22-24-26-28-30-31-33-36-39-42-45-48-54(57)60-51-52(50-59-53(56)47-44-41-38-35-21-18-15-12-9-6-3)61-55(58)49-46-43-40-37-34-32-29-27-25-23-20-17-14-11-8-5-2/h7,10,16,19-20,23-24,26-27,29,52H,4-6,8-9,11-15,17-18,21-22,25,28,30-51H2,1-3H3/b10-7-,19-16-,23-20-,26-24-,29-27-. The van der Waals surface area contributed by atoms with E-state index < -0.39 is 6.10 Å². The maximum Gasteiger partial charge on any atom is 0.306 e. The molecule has 0 heterocycles. The Morgan fingerprint density at radius 1 is 0.344 bits per heavy atom. The lowest BCUT2D eigenvalue weighted by molar-refractivity contribution is -0.167. The van der Waals surface area contributed by atoms with Crippen LogP contribution in [0.3, 0.4) is 0 Å². The van der Waals surface area contributed by atoms with Gasteiger partial charge in [0.1, 0.15) is 13.2 Å². The van der Waals surface area contributed by atoms with Crippen LogP contribution in [0.1, 0.15) is 252 Å². The minimum atomic E-state index is -0.782. The number of ether oxygens (including phenoxy) is 3. The van der Waals surface area contributed by atoms with E-state index in [0.717, 1.165) is 109 Å². The molecule has 1 unspecified atom stereocenters. The van der Waals surface area contributed by atoms with Crippen LogP contribution in [-0.4, -0.2) is 37.2 Å². The molecule has 0 aromatic carbocycles. The van der Waals surface area contributed by atoms with Crippen molar-refractivity contribution < 1.29 is 28.6 Å². The van der Waals surface area contributed by atoms with E-state index in [0.29, 0.717) is 19.3 Å². The van der Waals surface area contributed by atoms with Gasteiger partial charge in [-0.05, 0) is 83.5 Å². The summed E-state index contributed by atoms with van der Waals surface area (Å²) in [6, 6.07) is 0. The quantitative estimate of drug-likeness (QED) is 0.0263. The number of carbonyl (C=O) groups excluding carboxylic acids is 3. The molecule has 0 saturated heterocycles. The van der Waals surface area contributed by atoms with Gasteiger partial charge >= 0.3 is 17.9 Å². The number of rotatable bonds is 46. The molecule has 0 aliphatic carbocycles. The maximum absolute atomic E-state index is 12.8. The second-order valence-electron chi connectivity index (χ2n) is 17.1. The number of allylic oxidation sites excluding steroid dienone is 10. The van der Waals surface area contributed by atoms with E-state index >= 15 is 0 Å². The van der Waals surface area contributed by atoms with E-state index in [-0.39, 0.29) is 31.1 Å². The van der Waals surface area contributed by atoms with Crippen LogP contribution in [0.15, 0.2) is 60.8 Å². The fourth-order valence-electron chi connectivity index (χ4n) is 7.13. The Bertz CT molecular complexity index is 1120. The molecule has 6 nitrogen and oxygen atoms in total. The molecule has 61 heavy (non-hydrogen) atoms. The summed E-state index contributed by atoms with van der Waals surface area (Å²) >= 11 is 0. The molecule has 1 atom stereocenters. The molecule has 0 fully saturated rings. The van der Waals surface area contributed by atoms with E-state index in [4.69, 9.17) is 14.2 Å². The molecule has 0 N–H and O–H groups in total. The van der Waals surface area contributed by atoms with Gasteiger partial charge in [-0.25, -0.2) is 0 Å². The SMILES string of the molecule is CC/C=C\C/C=C\C/C=C\CCCCCCCCCC(=O)OCC(COC(=O)CCCCCCCCCCCC)OC(=O)CCCCCCC/C=C\C/C=C\CCCCCC. The maximum atomic E-state index is 12.8. The van der Waals surface area contributed by atoms with Crippen molar-refractivity contribution in [1.29, 1.82) is 0 Å². The van der Waals surface area contributed by atoms with E-state index in [9.17, 15) is 14.4 Å². The Morgan fingerprint density at radius 2 is 0.639 bits per heavy atom. The number of hydrogen-bond donors (Lipinski definition) is 0. The van der Waals surface area contributed by atoms with E-state index in [1.807, 2.05) is 0 Å². The van der Waals surface area contributed by atoms with E-state index in [2.05, 4.69) is 81.5 Å². The lowest BCUT2D eigenvalue weighted by atomic mass is 10.1. The molecule has 0 amide bonds. The zero-order valence-corrected chi connectivity index (χ0v) is 40.2. The zero-order chi connectivity index (χ0) is 44.4. The minimum Gasteiger partial charge on any atom is -0.462 e. The highest BCUT2D eigenvalue weighted by Gasteiger charge is 2.19. The third kappa shape index (κ3) is 48.0. The molecular formula is C55H96O6. The molecule has 352 valence electrons. The van der Waals surface area contributed by atoms with Crippen LogP contribution >= 0.6 is 0 Å². The molecule has 0 aromatic heterocycles. The normalized spacial score (nSPS) is 12.5. The molecule has 0 aliphatic heterocycles. The van der Waals surface area contributed by atoms with Gasteiger partial charge in [0, 0.05) is 19.3 Å². The molecule has 0 aliphatic rings. The Morgan fingerprint density at radius 3 is 1.02 bits per heavy atom. The lowest BCUT2D eigenvalue weighted by Gasteiger charge is -2.18. The van der Waals surface area contributed by atoms with Gasteiger partial charge in [0.15, 0.2) is 6.10 Å². The van der Waals surface area contributed by atoms with Crippen LogP contribution in [0.2, 0.25) is 0 Å². The highest BCUT2D eigenvalue weighted by molar-refractivity contribution is 5.71. The van der Waals surface area contributed by atoms with Crippen molar-refractivity contribution in [1.82, 2.24) is 0 Å². The fourth-order valence-corrected chi connectivity index (χ4v) is 7.13. The molecular weight excluding hydrogens is 757 g/mol. The predicted octanol–water partition coefficient (Wildman–Crippen LogP) is 16.9. The van der Waals surface area contributed by atoms with Gasteiger partial charge in [0.25, 0.3) is 0 Å². The third-order valence-corrected chi connectivity index (χ3v) is 11.0. The van der Waals surface area contributed by atoms with Crippen LogP contribution in [0.5, 0.6) is 0 Å². The summed E-state index contributed by atoms with van der Waals surface area (Å²) in [5.74, 6) is -0.903. The van der Waals surface area contributed by atoms with Crippen LogP contribution in [0.25, 0.3) is 0 Å². The molecule has 0 radical (unpaired) electrons. The van der Waals surface area contributed by atoms with Gasteiger partial charge in [0.05, 0.1) is 0 Å². The third-order valence-electron chi connectivity index (χ3n) is 11.0. The van der Waals surface area contributed by atoms with Crippen molar-refractivity contribution in [2.45, 2.75) is 258 Å². The van der Waals surface area contributed by atoms with E-state index in [1.54, 1.807) is 0 Å². The van der Waals surface area contributed by atoms with Gasteiger partial charge in [-0.1, -0.05) is 210 Å². The summed E-state index contributed by atoms with van der Waals surface area (Å²) in [5, 5.41) is 0. The summed E-state index contributed by atoms with van der Waals surface area (Å²) in [7, 11) is 0. The van der Waals surface area contributed by atoms with Crippen LogP contribution in [0, 0.1) is 0 Å². The summed E-state index contributed by atoms with van der Waals surface area (Å²) in [4.78, 5) is 37.9. The average Bonchev–Trinajstić information content (AvgIpc) is 3.26. The van der Waals surface area contributed by atoms with Gasteiger partial charge in [-0.2, -0.15) is 0 Å². The van der Waals surface area contributed by atoms with Crippen molar-refractivity contribution in [3.63, 3.8) is 0 Å². The Hall–Kier alpha value is -2.89. The first-order valence-electron chi connectivity index (χ1n) is 25.8. The number of unbranched alkanes of at least 4 members (excludes halogenated alkanes) is 25. The molecule has 0 aromatic rings. The molecule has 0 spiro atoms. The van der Waals surface area contributed by atoms with Gasteiger partial charge in [0.2, 0.25) is 0 Å². The number of carbonyl (C=O) groups is 3. The van der Waals surface area contributed by atoms with Gasteiger partial charge in [-0.3, -0.25) is 14.4 Å². The summed E-state index contributed by atoms with van der Waals surface area (Å²) in [5.41, 5.74) is 0. The molecule has 0 saturated carbocycles. The number of hydrogen-bond acceptors (Lipinski definition) is 6. The van der Waals surface area contributed by atoms with Crippen LogP contribution in [-0.2, 0) is 28.6 Å². The van der Waals surface area contributed by atoms with Crippen LogP contribution < -0.4 is 0 Å². The smallest absolute Gasteiger partial charge is 0.306 e. The van der Waals surface area contributed by atoms with Crippen LogP contribution in [0.4, 0.5) is 0 Å². The monoisotopic (exact) mass is 853 g/mol. The molecule has 6 heteroatoms. The molecule has 0 rings (SSSR count). The average molecular weight is 853 g/mol. The second-order valence-corrected chi connectivity index (χ2v) is 17.1. The highest BCUT2D eigenvalue weighted by atomic mass is 16.6. The predicted molar refractivity (Wildman–Crippen MR) is 261 cm³/mol. The first kappa shape index (κ1) is 58.1. The largest absolute Gasteiger partial charge is 0.462 e. The zero-order valence-electron chi connectivity index (χ0n) is 40.2.